The van der Waals surface area contributed by atoms with E-state index in [1.54, 1.807) is 6.08 Å². The van der Waals surface area contributed by atoms with Crippen molar-refractivity contribution in [3.05, 3.63) is 48.6 Å². The highest BCUT2D eigenvalue weighted by atomic mass is 32.2. The summed E-state index contributed by atoms with van der Waals surface area (Å²) in [5, 5.41) is 0. The van der Waals surface area contributed by atoms with Gasteiger partial charge in [-0.2, -0.15) is 8.42 Å². The summed E-state index contributed by atoms with van der Waals surface area (Å²) in [5.41, 5.74) is 1.06. The number of rotatable bonds is 6. The van der Waals surface area contributed by atoms with Crippen LogP contribution >= 0.6 is 0 Å². The van der Waals surface area contributed by atoms with Gasteiger partial charge in [0.2, 0.25) is 0 Å². The molecule has 88 valence electrons. The summed E-state index contributed by atoms with van der Waals surface area (Å²) in [4.78, 5) is 0. The number of hydrogen-bond acceptors (Lipinski definition) is 3. The van der Waals surface area contributed by atoms with Crippen LogP contribution in [0.5, 0.6) is 0 Å². The van der Waals surface area contributed by atoms with Crippen molar-refractivity contribution < 1.29 is 12.6 Å². The third-order valence-corrected chi connectivity index (χ3v) is 2.77. The fourth-order valence-corrected chi connectivity index (χ4v) is 1.84. The molecule has 0 spiro atoms. The minimum absolute atomic E-state index is 0.0356. The topological polar surface area (TPSA) is 43.4 Å². The normalized spacial score (nSPS) is 13.3. The van der Waals surface area contributed by atoms with E-state index < -0.39 is 10.1 Å². The zero-order valence-electron chi connectivity index (χ0n) is 9.30. The Morgan fingerprint density at radius 2 is 2.00 bits per heavy atom. The van der Waals surface area contributed by atoms with E-state index in [2.05, 4.69) is 6.58 Å². The zero-order valence-corrected chi connectivity index (χ0v) is 10.1. The summed E-state index contributed by atoms with van der Waals surface area (Å²) in [6.07, 6.45) is 3.52. The maximum atomic E-state index is 10.9. The second-order valence-electron chi connectivity index (χ2n) is 3.62. The Bertz CT molecular complexity index is 423. The Morgan fingerprint density at radius 1 is 1.38 bits per heavy atom. The molecule has 0 saturated carbocycles. The summed E-state index contributed by atoms with van der Waals surface area (Å²) < 4.78 is 26.7. The molecule has 0 fully saturated rings. The van der Waals surface area contributed by atoms with E-state index in [4.69, 9.17) is 4.18 Å². The smallest absolute Gasteiger partial charge is 0.264 e. The molecule has 0 aliphatic heterocycles. The van der Waals surface area contributed by atoms with Gasteiger partial charge in [0, 0.05) is 5.92 Å². The molecule has 4 heteroatoms. The highest BCUT2D eigenvalue weighted by molar-refractivity contribution is 7.85. The van der Waals surface area contributed by atoms with Crippen LogP contribution in [0.3, 0.4) is 0 Å². The molecule has 0 N–H and O–H groups in total. The van der Waals surface area contributed by atoms with E-state index in [1.165, 1.54) is 0 Å². The number of hydrogen-bond donors (Lipinski definition) is 0. The first-order valence-corrected chi connectivity index (χ1v) is 6.85. The lowest BCUT2D eigenvalue weighted by Gasteiger charge is -2.14. The Hall–Kier alpha value is -1.13. The number of allylic oxidation sites excluding steroid dienone is 1. The van der Waals surface area contributed by atoms with Gasteiger partial charge in [0.25, 0.3) is 10.1 Å². The third kappa shape index (κ3) is 4.59. The molecule has 0 aromatic heterocycles. The van der Waals surface area contributed by atoms with Crippen molar-refractivity contribution in [3.8, 4) is 0 Å². The Kier molecular flexibility index (Phi) is 4.71. The molecule has 0 bridgehead atoms. The average Bonchev–Trinajstić information content (AvgIpc) is 2.24. The van der Waals surface area contributed by atoms with Crippen LogP contribution in [-0.2, 0) is 14.3 Å². The van der Waals surface area contributed by atoms with Crippen molar-refractivity contribution in [1.29, 1.82) is 0 Å². The molecule has 0 amide bonds. The molecule has 1 aromatic carbocycles. The Morgan fingerprint density at radius 3 is 2.50 bits per heavy atom. The second kappa shape index (κ2) is 5.82. The van der Waals surface area contributed by atoms with E-state index in [0.29, 0.717) is 6.42 Å². The molecule has 1 atom stereocenters. The molecule has 1 rings (SSSR count). The van der Waals surface area contributed by atoms with Crippen LogP contribution in [0, 0.1) is 0 Å². The summed E-state index contributed by atoms with van der Waals surface area (Å²) >= 11 is 0. The Labute approximate surface area is 96.9 Å². The lowest BCUT2D eigenvalue weighted by atomic mass is 9.97. The van der Waals surface area contributed by atoms with Gasteiger partial charge in [-0.15, -0.1) is 6.58 Å². The predicted molar refractivity (Wildman–Crippen MR) is 64.8 cm³/mol. The fraction of sp³-hybridized carbons (Fsp3) is 0.333. The summed E-state index contributed by atoms with van der Waals surface area (Å²) in [6, 6.07) is 9.68. The lowest BCUT2D eigenvalue weighted by Crippen LogP contribution is -2.11. The van der Waals surface area contributed by atoms with Crippen molar-refractivity contribution in [1.82, 2.24) is 0 Å². The third-order valence-electron chi connectivity index (χ3n) is 2.21. The van der Waals surface area contributed by atoms with Gasteiger partial charge >= 0.3 is 0 Å². The Balaban J connectivity index is 2.72. The molecule has 0 saturated heterocycles. The molecule has 3 nitrogen and oxygen atoms in total. The molecule has 16 heavy (non-hydrogen) atoms. The maximum Gasteiger partial charge on any atom is 0.264 e. The molecule has 1 unspecified atom stereocenters. The number of benzene rings is 1. The molecule has 0 radical (unpaired) electrons. The van der Waals surface area contributed by atoms with Crippen LogP contribution in [0.15, 0.2) is 43.0 Å². The average molecular weight is 240 g/mol. The van der Waals surface area contributed by atoms with E-state index in [0.717, 1.165) is 11.8 Å². The maximum absolute atomic E-state index is 10.9. The van der Waals surface area contributed by atoms with Crippen LogP contribution in [0.2, 0.25) is 0 Å². The van der Waals surface area contributed by atoms with Gasteiger partial charge in [0.1, 0.15) is 0 Å². The van der Waals surface area contributed by atoms with Crippen LogP contribution < -0.4 is 0 Å². The lowest BCUT2D eigenvalue weighted by molar-refractivity contribution is 0.295. The van der Waals surface area contributed by atoms with Gasteiger partial charge in [-0.1, -0.05) is 36.4 Å². The van der Waals surface area contributed by atoms with Crippen LogP contribution in [-0.4, -0.2) is 21.3 Å². The highest BCUT2D eigenvalue weighted by Gasteiger charge is 2.13. The first kappa shape index (κ1) is 12.9. The van der Waals surface area contributed by atoms with Gasteiger partial charge < -0.3 is 0 Å². The standard InChI is InChI=1S/C12H16O3S/c1-3-7-12(10-15-16(2,13)14)11-8-5-4-6-9-11/h3-6,8-9,12H,1,7,10H2,2H3. The fourth-order valence-electron chi connectivity index (χ4n) is 1.43. The minimum Gasteiger partial charge on any atom is -0.270 e. The van der Waals surface area contributed by atoms with Gasteiger partial charge in [-0.25, -0.2) is 0 Å². The molecule has 1 aromatic rings. The second-order valence-corrected chi connectivity index (χ2v) is 5.26. The molecule has 0 aliphatic rings. The van der Waals surface area contributed by atoms with Crippen LogP contribution in [0.1, 0.15) is 17.9 Å². The summed E-state index contributed by atoms with van der Waals surface area (Å²) in [7, 11) is -3.38. The monoisotopic (exact) mass is 240 g/mol. The molecular formula is C12H16O3S. The molecule has 0 aliphatic carbocycles. The van der Waals surface area contributed by atoms with E-state index in [1.807, 2.05) is 30.3 Å². The summed E-state index contributed by atoms with van der Waals surface area (Å²) in [5.74, 6) is 0.0356. The van der Waals surface area contributed by atoms with E-state index >= 15 is 0 Å². The van der Waals surface area contributed by atoms with Gasteiger partial charge in [-0.05, 0) is 12.0 Å². The van der Waals surface area contributed by atoms with Crippen molar-refractivity contribution in [2.45, 2.75) is 12.3 Å². The first-order chi connectivity index (χ1) is 7.53. The van der Waals surface area contributed by atoms with Crippen molar-refractivity contribution in [3.63, 3.8) is 0 Å². The molecule has 0 heterocycles. The van der Waals surface area contributed by atoms with Crippen LogP contribution in [0.25, 0.3) is 0 Å². The minimum atomic E-state index is -3.38. The van der Waals surface area contributed by atoms with Gasteiger partial charge in [0.05, 0.1) is 12.9 Å². The molecular weight excluding hydrogens is 224 g/mol. The quantitative estimate of drug-likeness (QED) is 0.566. The van der Waals surface area contributed by atoms with Crippen LogP contribution in [0.4, 0.5) is 0 Å². The summed E-state index contributed by atoms with van der Waals surface area (Å²) in [6.45, 7) is 3.83. The van der Waals surface area contributed by atoms with E-state index in [-0.39, 0.29) is 12.5 Å². The van der Waals surface area contributed by atoms with Crippen molar-refractivity contribution in [2.75, 3.05) is 12.9 Å². The zero-order chi connectivity index (χ0) is 12.0. The highest BCUT2D eigenvalue weighted by Crippen LogP contribution is 2.20. The van der Waals surface area contributed by atoms with Crippen molar-refractivity contribution >= 4 is 10.1 Å². The SMILES string of the molecule is C=CCC(COS(C)(=O)=O)c1ccccc1. The largest absolute Gasteiger partial charge is 0.270 e. The van der Waals surface area contributed by atoms with E-state index in [9.17, 15) is 8.42 Å². The van der Waals surface area contributed by atoms with Gasteiger partial charge in [0.15, 0.2) is 0 Å². The van der Waals surface area contributed by atoms with Gasteiger partial charge in [-0.3, -0.25) is 4.18 Å². The van der Waals surface area contributed by atoms with Crippen molar-refractivity contribution in [2.24, 2.45) is 0 Å². The first-order valence-electron chi connectivity index (χ1n) is 5.03. The predicted octanol–water partition coefficient (Wildman–Crippen LogP) is 2.32.